The largest absolute Gasteiger partial charge is 0.388 e. The zero-order valence-electron chi connectivity index (χ0n) is 13.6. The molecular formula is C20H17Cl2N3. The minimum absolute atomic E-state index is 0.657. The van der Waals surface area contributed by atoms with Gasteiger partial charge in [0.15, 0.2) is 0 Å². The Labute approximate surface area is 157 Å². The highest BCUT2D eigenvalue weighted by Gasteiger charge is 2.12. The van der Waals surface area contributed by atoms with Crippen LogP contribution in [0.4, 0.5) is 11.4 Å². The van der Waals surface area contributed by atoms with Gasteiger partial charge in [-0.15, -0.1) is 0 Å². The number of hydrazone groups is 1. The molecule has 25 heavy (non-hydrogen) atoms. The van der Waals surface area contributed by atoms with Crippen molar-refractivity contribution in [1.82, 2.24) is 0 Å². The smallest absolute Gasteiger partial charge is 0.0999 e. The SMILES string of the molecule is CNc1ccc(Cl)cc1/C(=N\Nc1ccc(Cl)cc1)c1ccccc1. The molecule has 0 radical (unpaired) electrons. The van der Waals surface area contributed by atoms with E-state index in [1.165, 1.54) is 0 Å². The van der Waals surface area contributed by atoms with E-state index in [0.717, 1.165) is 28.2 Å². The summed E-state index contributed by atoms with van der Waals surface area (Å²) in [6, 6.07) is 23.1. The van der Waals surface area contributed by atoms with Gasteiger partial charge in [0.2, 0.25) is 0 Å². The highest BCUT2D eigenvalue weighted by Crippen LogP contribution is 2.24. The minimum Gasteiger partial charge on any atom is -0.388 e. The Hall–Kier alpha value is -2.49. The Morgan fingerprint density at radius 3 is 2.20 bits per heavy atom. The van der Waals surface area contributed by atoms with E-state index >= 15 is 0 Å². The van der Waals surface area contributed by atoms with Gasteiger partial charge in [-0.05, 0) is 42.5 Å². The summed E-state index contributed by atoms with van der Waals surface area (Å²) in [5, 5.41) is 9.17. The maximum Gasteiger partial charge on any atom is 0.0999 e. The summed E-state index contributed by atoms with van der Waals surface area (Å²) in [5.41, 5.74) is 7.60. The van der Waals surface area contributed by atoms with Crippen molar-refractivity contribution in [3.05, 3.63) is 94.0 Å². The van der Waals surface area contributed by atoms with Crippen LogP contribution in [0.3, 0.4) is 0 Å². The molecule has 0 bridgehead atoms. The Bertz CT molecular complexity index is 875. The molecule has 0 unspecified atom stereocenters. The molecule has 0 aromatic heterocycles. The van der Waals surface area contributed by atoms with E-state index in [2.05, 4.69) is 15.8 Å². The van der Waals surface area contributed by atoms with Crippen molar-refractivity contribution in [3.8, 4) is 0 Å². The van der Waals surface area contributed by atoms with Crippen molar-refractivity contribution in [2.45, 2.75) is 0 Å². The van der Waals surface area contributed by atoms with Crippen LogP contribution in [0, 0.1) is 0 Å². The van der Waals surface area contributed by atoms with Gasteiger partial charge >= 0.3 is 0 Å². The summed E-state index contributed by atoms with van der Waals surface area (Å²) in [6.45, 7) is 0. The van der Waals surface area contributed by atoms with E-state index in [1.54, 1.807) is 0 Å². The molecular weight excluding hydrogens is 353 g/mol. The predicted octanol–water partition coefficient (Wildman–Crippen LogP) is 5.90. The fourth-order valence-corrected chi connectivity index (χ4v) is 2.75. The molecule has 126 valence electrons. The first-order valence-corrected chi connectivity index (χ1v) is 8.55. The third-order valence-corrected chi connectivity index (χ3v) is 4.18. The fourth-order valence-electron chi connectivity index (χ4n) is 2.45. The van der Waals surface area contributed by atoms with Crippen LogP contribution in [0.5, 0.6) is 0 Å². The average Bonchev–Trinajstić information content (AvgIpc) is 2.64. The van der Waals surface area contributed by atoms with E-state index in [4.69, 9.17) is 23.2 Å². The van der Waals surface area contributed by atoms with Crippen LogP contribution in [-0.2, 0) is 0 Å². The molecule has 0 spiro atoms. The van der Waals surface area contributed by atoms with E-state index in [0.29, 0.717) is 10.0 Å². The minimum atomic E-state index is 0.657. The number of rotatable bonds is 5. The first-order chi connectivity index (χ1) is 12.2. The van der Waals surface area contributed by atoms with Crippen molar-refractivity contribution < 1.29 is 0 Å². The second-order valence-electron chi connectivity index (χ2n) is 5.39. The summed E-state index contributed by atoms with van der Waals surface area (Å²) in [4.78, 5) is 0. The van der Waals surface area contributed by atoms with Gasteiger partial charge in [0, 0.05) is 33.9 Å². The highest BCUT2D eigenvalue weighted by molar-refractivity contribution is 6.31. The first-order valence-electron chi connectivity index (χ1n) is 7.80. The van der Waals surface area contributed by atoms with Crippen molar-refractivity contribution in [2.75, 3.05) is 17.8 Å². The third kappa shape index (κ3) is 4.32. The zero-order chi connectivity index (χ0) is 17.6. The molecule has 0 saturated carbocycles. The molecule has 5 heteroatoms. The molecule has 0 heterocycles. The molecule has 0 saturated heterocycles. The summed E-state index contributed by atoms with van der Waals surface area (Å²) in [7, 11) is 1.88. The summed E-state index contributed by atoms with van der Waals surface area (Å²) in [5.74, 6) is 0. The van der Waals surface area contributed by atoms with E-state index in [9.17, 15) is 0 Å². The third-order valence-electron chi connectivity index (χ3n) is 3.69. The molecule has 0 aliphatic carbocycles. The van der Waals surface area contributed by atoms with Gasteiger partial charge in [-0.1, -0.05) is 53.5 Å². The summed E-state index contributed by atoms with van der Waals surface area (Å²) < 4.78 is 0. The van der Waals surface area contributed by atoms with Gasteiger partial charge in [0.1, 0.15) is 0 Å². The molecule has 3 rings (SSSR count). The van der Waals surface area contributed by atoms with Crippen LogP contribution in [0.15, 0.2) is 77.9 Å². The number of nitrogens with one attached hydrogen (secondary N) is 2. The summed E-state index contributed by atoms with van der Waals surface area (Å²) >= 11 is 12.2. The fraction of sp³-hybridized carbons (Fsp3) is 0.0500. The number of hydrogen-bond donors (Lipinski definition) is 2. The summed E-state index contributed by atoms with van der Waals surface area (Å²) in [6.07, 6.45) is 0. The Kier molecular flexibility index (Phi) is 5.59. The molecule has 0 atom stereocenters. The van der Waals surface area contributed by atoms with E-state index < -0.39 is 0 Å². The van der Waals surface area contributed by atoms with Gasteiger partial charge in [-0.3, -0.25) is 5.43 Å². The molecule has 3 aromatic carbocycles. The van der Waals surface area contributed by atoms with Crippen molar-refractivity contribution in [1.29, 1.82) is 0 Å². The van der Waals surface area contributed by atoms with Crippen molar-refractivity contribution in [3.63, 3.8) is 0 Å². The Balaban J connectivity index is 2.06. The van der Waals surface area contributed by atoms with E-state index in [1.807, 2.05) is 79.8 Å². The lowest BCUT2D eigenvalue weighted by molar-refractivity contribution is 1.32. The van der Waals surface area contributed by atoms with Gasteiger partial charge < -0.3 is 5.32 Å². The number of halogens is 2. The van der Waals surface area contributed by atoms with Crippen LogP contribution >= 0.6 is 23.2 Å². The average molecular weight is 370 g/mol. The molecule has 0 aliphatic heterocycles. The quantitative estimate of drug-likeness (QED) is 0.433. The number of benzene rings is 3. The normalized spacial score (nSPS) is 11.2. The lowest BCUT2D eigenvalue weighted by Crippen LogP contribution is -2.09. The lowest BCUT2D eigenvalue weighted by atomic mass is 10.0. The van der Waals surface area contributed by atoms with Gasteiger partial charge in [-0.25, -0.2) is 0 Å². The number of anilines is 2. The van der Waals surface area contributed by atoms with Gasteiger partial charge in [0.25, 0.3) is 0 Å². The maximum atomic E-state index is 6.22. The second kappa shape index (κ2) is 8.06. The van der Waals surface area contributed by atoms with E-state index in [-0.39, 0.29) is 0 Å². The first kappa shape index (κ1) is 17.3. The van der Waals surface area contributed by atoms with Gasteiger partial charge in [0.05, 0.1) is 11.4 Å². The second-order valence-corrected chi connectivity index (χ2v) is 6.26. The molecule has 0 amide bonds. The van der Waals surface area contributed by atoms with Crippen molar-refractivity contribution in [2.24, 2.45) is 5.10 Å². The lowest BCUT2D eigenvalue weighted by Gasteiger charge is -2.13. The Morgan fingerprint density at radius 2 is 1.52 bits per heavy atom. The highest BCUT2D eigenvalue weighted by atomic mass is 35.5. The number of hydrogen-bond acceptors (Lipinski definition) is 3. The molecule has 3 nitrogen and oxygen atoms in total. The molecule has 3 aromatic rings. The van der Waals surface area contributed by atoms with Crippen LogP contribution in [0.1, 0.15) is 11.1 Å². The zero-order valence-corrected chi connectivity index (χ0v) is 15.1. The molecule has 2 N–H and O–H groups in total. The predicted molar refractivity (Wildman–Crippen MR) is 108 cm³/mol. The molecule has 0 fully saturated rings. The number of nitrogens with zero attached hydrogens (tertiary/aromatic N) is 1. The Morgan fingerprint density at radius 1 is 0.840 bits per heavy atom. The van der Waals surface area contributed by atoms with Crippen molar-refractivity contribution >= 4 is 40.3 Å². The van der Waals surface area contributed by atoms with Crippen LogP contribution < -0.4 is 10.7 Å². The standard InChI is InChI=1S/C20H17Cl2N3/c1-23-19-12-9-16(22)13-18(19)20(14-5-3-2-4-6-14)25-24-17-10-7-15(21)8-11-17/h2-13,23-24H,1H3/b25-20-. The van der Waals surface area contributed by atoms with Crippen LogP contribution in [-0.4, -0.2) is 12.8 Å². The molecule has 0 aliphatic rings. The monoisotopic (exact) mass is 369 g/mol. The van der Waals surface area contributed by atoms with Crippen LogP contribution in [0.2, 0.25) is 10.0 Å². The topological polar surface area (TPSA) is 36.4 Å². The van der Waals surface area contributed by atoms with Gasteiger partial charge in [-0.2, -0.15) is 5.10 Å². The maximum absolute atomic E-state index is 6.22. The van der Waals surface area contributed by atoms with Crippen LogP contribution in [0.25, 0.3) is 0 Å².